The largest absolute Gasteiger partial charge is 0.269 e. The number of hydrogen-bond acceptors (Lipinski definition) is 4. The number of aryl methyl sites for hydroxylation is 1. The Morgan fingerprint density at radius 2 is 1.46 bits per heavy atom. The van der Waals surface area contributed by atoms with Crippen LogP contribution in [0.3, 0.4) is 0 Å². The van der Waals surface area contributed by atoms with Crippen LogP contribution in [-0.2, 0) is 6.54 Å². The third-order valence-electron chi connectivity index (χ3n) is 4.44. The molecule has 0 radical (unpaired) electrons. The number of imide groups is 1. The minimum absolute atomic E-state index is 0.104. The third-order valence-corrected chi connectivity index (χ3v) is 6.24. The Morgan fingerprint density at radius 1 is 0.893 bits per heavy atom. The fourth-order valence-electron chi connectivity index (χ4n) is 3.15. The molecule has 28 heavy (non-hydrogen) atoms. The van der Waals surface area contributed by atoms with Crippen molar-refractivity contribution in [3.63, 3.8) is 0 Å². The number of fused-ring (bicyclic) bond motifs is 2. The van der Waals surface area contributed by atoms with Crippen molar-refractivity contribution in [2.45, 2.75) is 13.5 Å². The highest BCUT2D eigenvalue weighted by molar-refractivity contribution is 6.55. The molecular weight excluding hydrogens is 448 g/mol. The summed E-state index contributed by atoms with van der Waals surface area (Å²) >= 11 is 24.2. The normalized spacial score (nSPS) is 13.5. The minimum atomic E-state index is -0.684. The number of carbonyl (C=O) groups excluding carboxylic acids is 2. The monoisotopic (exact) mass is 455 g/mol. The molecule has 4 rings (SSSR count). The average Bonchev–Trinajstić information content (AvgIpc) is 2.89. The maximum Gasteiger partial charge on any atom is 0.263 e. The van der Waals surface area contributed by atoms with Gasteiger partial charge in [0.2, 0.25) is 0 Å². The van der Waals surface area contributed by atoms with E-state index >= 15 is 0 Å². The molecule has 0 fully saturated rings. The lowest BCUT2D eigenvalue weighted by molar-refractivity contribution is 0.0640. The van der Waals surface area contributed by atoms with E-state index < -0.39 is 11.8 Å². The molecule has 1 aromatic carbocycles. The van der Waals surface area contributed by atoms with Crippen LogP contribution in [0.5, 0.6) is 0 Å². The molecule has 3 heterocycles. The van der Waals surface area contributed by atoms with Gasteiger partial charge in [0.1, 0.15) is 5.65 Å². The summed E-state index contributed by atoms with van der Waals surface area (Å²) in [7, 11) is 0. The zero-order chi connectivity index (χ0) is 20.3. The second kappa shape index (κ2) is 6.74. The van der Waals surface area contributed by atoms with Gasteiger partial charge in [-0.05, 0) is 19.1 Å². The van der Waals surface area contributed by atoms with Crippen molar-refractivity contribution < 1.29 is 9.59 Å². The molecule has 142 valence electrons. The van der Waals surface area contributed by atoms with Gasteiger partial charge in [0, 0.05) is 11.8 Å². The van der Waals surface area contributed by atoms with Crippen molar-refractivity contribution in [1.82, 2.24) is 14.3 Å². The highest BCUT2D eigenvalue weighted by Gasteiger charge is 2.41. The number of rotatable bonds is 2. The maximum absolute atomic E-state index is 12.8. The molecule has 2 amide bonds. The van der Waals surface area contributed by atoms with E-state index in [-0.39, 0.29) is 49.0 Å². The van der Waals surface area contributed by atoms with Crippen molar-refractivity contribution in [1.29, 1.82) is 0 Å². The van der Waals surface area contributed by atoms with Gasteiger partial charge in [-0.15, -0.1) is 0 Å². The molecule has 0 saturated heterocycles. The zero-order valence-electron chi connectivity index (χ0n) is 14.1. The number of carbonyl (C=O) groups is 2. The van der Waals surface area contributed by atoms with Crippen LogP contribution in [0, 0.1) is 6.92 Å². The van der Waals surface area contributed by atoms with E-state index in [1.807, 2.05) is 0 Å². The number of benzene rings is 1. The standard InChI is InChI=1S/C18H9Cl4N3O3/c1-7-3-2-4-9-23-8(5-10(26)25(7)9)6-24-17(27)11-12(18(24)28)14(20)16(22)15(21)13(11)19/h2-5H,6H2,1H3. The minimum Gasteiger partial charge on any atom is -0.269 e. The molecule has 1 aliphatic rings. The molecule has 1 aliphatic heterocycles. The number of hydrogen-bond donors (Lipinski definition) is 0. The van der Waals surface area contributed by atoms with Crippen LogP contribution in [0.4, 0.5) is 0 Å². The quantitative estimate of drug-likeness (QED) is 0.325. The molecule has 0 bridgehead atoms. The van der Waals surface area contributed by atoms with Crippen molar-refractivity contribution in [2.75, 3.05) is 0 Å². The molecular formula is C18H9Cl4N3O3. The average molecular weight is 457 g/mol. The van der Waals surface area contributed by atoms with Gasteiger partial charge in [-0.1, -0.05) is 52.5 Å². The van der Waals surface area contributed by atoms with Gasteiger partial charge >= 0.3 is 0 Å². The summed E-state index contributed by atoms with van der Waals surface area (Å²) < 4.78 is 1.43. The molecule has 3 aromatic rings. The van der Waals surface area contributed by atoms with E-state index in [4.69, 9.17) is 46.4 Å². The summed E-state index contributed by atoms with van der Waals surface area (Å²) in [4.78, 5) is 43.3. The Kier molecular flexibility index (Phi) is 4.62. The summed E-state index contributed by atoms with van der Waals surface area (Å²) in [6.07, 6.45) is 0. The fraction of sp³-hybridized carbons (Fsp3) is 0.111. The summed E-state index contributed by atoms with van der Waals surface area (Å²) in [5.41, 5.74) is 0.816. The molecule has 0 atom stereocenters. The van der Waals surface area contributed by atoms with Gasteiger partial charge in [0.15, 0.2) is 0 Å². The molecule has 10 heteroatoms. The predicted octanol–water partition coefficient (Wildman–Crippen LogP) is 4.41. The molecule has 6 nitrogen and oxygen atoms in total. The lowest BCUT2D eigenvalue weighted by Gasteiger charge is -2.14. The van der Waals surface area contributed by atoms with Crippen molar-refractivity contribution in [3.8, 4) is 0 Å². The zero-order valence-corrected chi connectivity index (χ0v) is 17.1. The van der Waals surface area contributed by atoms with Crippen LogP contribution >= 0.6 is 46.4 Å². The molecule has 0 unspecified atom stereocenters. The van der Waals surface area contributed by atoms with Crippen LogP contribution in [-0.4, -0.2) is 26.1 Å². The molecule has 0 aliphatic carbocycles. The smallest absolute Gasteiger partial charge is 0.263 e. The van der Waals surface area contributed by atoms with E-state index in [0.717, 1.165) is 4.90 Å². The second-order valence-electron chi connectivity index (χ2n) is 6.15. The SMILES string of the molecule is Cc1cccc2nc(CN3C(=O)c4c(Cl)c(Cl)c(Cl)c(Cl)c4C3=O)cc(=O)n12. The predicted molar refractivity (Wildman–Crippen MR) is 107 cm³/mol. The molecule has 2 aromatic heterocycles. The Morgan fingerprint density at radius 3 is 2.04 bits per heavy atom. The topological polar surface area (TPSA) is 71.8 Å². The van der Waals surface area contributed by atoms with Crippen LogP contribution in [0.1, 0.15) is 32.1 Å². The molecule has 0 saturated carbocycles. The summed E-state index contributed by atoms with van der Waals surface area (Å²) in [5, 5.41) is -0.497. The molecule has 0 N–H and O–H groups in total. The number of pyridine rings is 1. The van der Waals surface area contributed by atoms with E-state index in [1.165, 1.54) is 10.5 Å². The number of aromatic nitrogens is 2. The fourth-order valence-corrected chi connectivity index (χ4v) is 4.16. The highest BCUT2D eigenvalue weighted by Crippen LogP contribution is 2.44. The van der Waals surface area contributed by atoms with Gasteiger partial charge in [0.25, 0.3) is 17.4 Å². The number of amides is 2. The van der Waals surface area contributed by atoms with Crippen LogP contribution in [0.25, 0.3) is 5.65 Å². The lowest BCUT2D eigenvalue weighted by Crippen LogP contribution is -2.30. The number of halogens is 4. The summed E-state index contributed by atoms with van der Waals surface area (Å²) in [5.74, 6) is -1.37. The van der Waals surface area contributed by atoms with Crippen LogP contribution in [0.2, 0.25) is 20.1 Å². The van der Waals surface area contributed by atoms with Gasteiger partial charge in [-0.3, -0.25) is 23.7 Å². The van der Waals surface area contributed by atoms with E-state index in [9.17, 15) is 14.4 Å². The maximum atomic E-state index is 12.8. The Hall–Kier alpha value is -2.12. The van der Waals surface area contributed by atoms with E-state index in [0.29, 0.717) is 11.3 Å². The number of nitrogens with zero attached hydrogens (tertiary/aromatic N) is 3. The third kappa shape index (κ3) is 2.71. The van der Waals surface area contributed by atoms with Gasteiger partial charge in [-0.2, -0.15) is 0 Å². The first-order valence-corrected chi connectivity index (χ1v) is 9.44. The van der Waals surface area contributed by atoms with Crippen molar-refractivity contribution in [3.05, 3.63) is 77.2 Å². The first-order valence-electron chi connectivity index (χ1n) is 7.92. The summed E-state index contributed by atoms with van der Waals surface area (Å²) in [6.45, 7) is 1.55. The van der Waals surface area contributed by atoms with Crippen molar-refractivity contribution in [2.24, 2.45) is 0 Å². The Bertz CT molecular complexity index is 1220. The first-order chi connectivity index (χ1) is 13.2. The highest BCUT2D eigenvalue weighted by atomic mass is 35.5. The van der Waals surface area contributed by atoms with Crippen LogP contribution < -0.4 is 5.56 Å². The van der Waals surface area contributed by atoms with Crippen molar-refractivity contribution >= 4 is 63.9 Å². The first kappa shape index (κ1) is 19.2. The van der Waals surface area contributed by atoms with Gasteiger partial charge in [0.05, 0.1) is 43.5 Å². The van der Waals surface area contributed by atoms with E-state index in [2.05, 4.69) is 4.98 Å². The Labute approximate surface area is 178 Å². The second-order valence-corrected chi connectivity index (χ2v) is 7.66. The summed E-state index contributed by atoms with van der Waals surface area (Å²) in [6, 6.07) is 6.46. The van der Waals surface area contributed by atoms with Gasteiger partial charge < -0.3 is 0 Å². The van der Waals surface area contributed by atoms with Gasteiger partial charge in [-0.25, -0.2) is 4.98 Å². The Balaban J connectivity index is 1.80. The lowest BCUT2D eigenvalue weighted by atomic mass is 10.1. The molecule has 0 spiro atoms. The van der Waals surface area contributed by atoms with Crippen LogP contribution in [0.15, 0.2) is 29.1 Å². The van der Waals surface area contributed by atoms with E-state index in [1.54, 1.807) is 25.1 Å².